The minimum atomic E-state index is -0.0164. The van der Waals surface area contributed by atoms with Gasteiger partial charge in [-0.25, -0.2) is 0 Å². The maximum absolute atomic E-state index is 12.1. The topological polar surface area (TPSA) is 52.6 Å². The summed E-state index contributed by atoms with van der Waals surface area (Å²) in [6.45, 7) is 9.70. The van der Waals surface area contributed by atoms with E-state index in [1.54, 1.807) is 0 Å². The highest BCUT2D eigenvalue weighted by atomic mass is 16.5. The van der Waals surface area contributed by atoms with E-state index in [0.717, 1.165) is 57.8 Å². The molecule has 0 spiro atoms. The molecule has 0 aliphatic heterocycles. The Balaban J connectivity index is 3.40. The number of ether oxygens (including phenoxy) is 2. The molecule has 4 nitrogen and oxygen atoms in total. The lowest BCUT2D eigenvalue weighted by Gasteiger charge is -2.18. The van der Waals surface area contributed by atoms with E-state index >= 15 is 0 Å². The number of hydrogen-bond donors (Lipinski definition) is 0. The second-order valence-corrected chi connectivity index (χ2v) is 10.00. The van der Waals surface area contributed by atoms with Crippen LogP contribution in [0.25, 0.3) is 0 Å². The van der Waals surface area contributed by atoms with Gasteiger partial charge in [-0.15, -0.1) is 0 Å². The van der Waals surface area contributed by atoms with Gasteiger partial charge in [0.25, 0.3) is 0 Å². The van der Waals surface area contributed by atoms with Gasteiger partial charge in [-0.05, 0) is 31.6 Å². The molecule has 0 saturated heterocycles. The molecule has 0 saturated carbocycles. The molecule has 196 valence electrons. The summed E-state index contributed by atoms with van der Waals surface area (Å²) in [6.07, 6.45) is 22.0. The first kappa shape index (κ1) is 31.9. The van der Waals surface area contributed by atoms with Crippen LogP contribution < -0.4 is 0 Å². The maximum Gasteiger partial charge on any atom is 0.308 e. The summed E-state index contributed by atoms with van der Waals surface area (Å²) >= 11 is 0. The first-order valence-electron chi connectivity index (χ1n) is 14.3. The second-order valence-electron chi connectivity index (χ2n) is 10.00. The van der Waals surface area contributed by atoms with Crippen molar-refractivity contribution in [2.75, 3.05) is 13.2 Å². The van der Waals surface area contributed by atoms with Crippen molar-refractivity contribution in [3.63, 3.8) is 0 Å². The molecule has 0 aromatic carbocycles. The highest BCUT2D eigenvalue weighted by molar-refractivity contribution is 5.72. The van der Waals surface area contributed by atoms with Crippen molar-refractivity contribution in [2.45, 2.75) is 150 Å². The molecular formula is C29H56O4. The van der Waals surface area contributed by atoms with Gasteiger partial charge in [0.15, 0.2) is 0 Å². The standard InChI is InChI=1S/C29H56O4/c1-5-7-20-24-32-28(30)23-19-17-15-13-11-9-10-12-14-16-18-22-26(3)27(4)29(31)33-25-21-8-6-2/h26-27H,5-25H2,1-4H3. The Morgan fingerprint density at radius 3 is 1.55 bits per heavy atom. The van der Waals surface area contributed by atoms with Gasteiger partial charge >= 0.3 is 11.9 Å². The second kappa shape index (κ2) is 24.1. The van der Waals surface area contributed by atoms with Crippen LogP contribution in [0.1, 0.15) is 150 Å². The molecule has 2 atom stereocenters. The van der Waals surface area contributed by atoms with Crippen molar-refractivity contribution in [3.8, 4) is 0 Å². The zero-order valence-electron chi connectivity index (χ0n) is 22.6. The number of carbonyl (C=O) groups is 2. The van der Waals surface area contributed by atoms with Gasteiger partial charge in [-0.2, -0.15) is 0 Å². The summed E-state index contributed by atoms with van der Waals surface area (Å²) < 4.78 is 10.7. The minimum Gasteiger partial charge on any atom is -0.466 e. The maximum atomic E-state index is 12.1. The van der Waals surface area contributed by atoms with Crippen LogP contribution in [0.3, 0.4) is 0 Å². The Kier molecular flexibility index (Phi) is 23.3. The Labute approximate surface area is 206 Å². The lowest BCUT2D eigenvalue weighted by atomic mass is 9.90. The van der Waals surface area contributed by atoms with Crippen molar-refractivity contribution < 1.29 is 19.1 Å². The third kappa shape index (κ3) is 21.2. The summed E-state index contributed by atoms with van der Waals surface area (Å²) in [7, 11) is 0. The van der Waals surface area contributed by atoms with Gasteiger partial charge < -0.3 is 9.47 Å². The molecule has 0 heterocycles. The average molecular weight is 469 g/mol. The van der Waals surface area contributed by atoms with Gasteiger partial charge in [0.1, 0.15) is 0 Å². The predicted octanol–water partition coefficient (Wildman–Crippen LogP) is 8.80. The van der Waals surface area contributed by atoms with Crippen LogP contribution in [0.4, 0.5) is 0 Å². The molecule has 0 radical (unpaired) electrons. The fourth-order valence-electron chi connectivity index (χ4n) is 4.08. The van der Waals surface area contributed by atoms with E-state index < -0.39 is 0 Å². The molecule has 33 heavy (non-hydrogen) atoms. The van der Waals surface area contributed by atoms with Gasteiger partial charge in [0.2, 0.25) is 0 Å². The highest BCUT2D eigenvalue weighted by Gasteiger charge is 2.21. The first-order chi connectivity index (χ1) is 16.0. The van der Waals surface area contributed by atoms with E-state index in [1.165, 1.54) is 57.8 Å². The zero-order chi connectivity index (χ0) is 24.6. The summed E-state index contributed by atoms with van der Waals surface area (Å²) in [5.74, 6) is 0.396. The van der Waals surface area contributed by atoms with E-state index in [0.29, 0.717) is 25.6 Å². The SMILES string of the molecule is CCCCCOC(=O)CCCCCCCCCCCCCC(C)C(C)C(=O)OCCCCC. The van der Waals surface area contributed by atoms with Gasteiger partial charge in [0, 0.05) is 6.42 Å². The minimum absolute atomic E-state index is 0.0130. The van der Waals surface area contributed by atoms with E-state index in [9.17, 15) is 9.59 Å². The number of hydrogen-bond acceptors (Lipinski definition) is 4. The van der Waals surface area contributed by atoms with Crippen molar-refractivity contribution in [1.82, 2.24) is 0 Å². The lowest BCUT2D eigenvalue weighted by molar-refractivity contribution is -0.150. The van der Waals surface area contributed by atoms with Crippen molar-refractivity contribution >= 4 is 11.9 Å². The van der Waals surface area contributed by atoms with Crippen molar-refractivity contribution in [1.29, 1.82) is 0 Å². The number of carbonyl (C=O) groups excluding carboxylic acids is 2. The molecule has 0 N–H and O–H groups in total. The molecule has 0 aliphatic carbocycles. The van der Waals surface area contributed by atoms with Crippen molar-refractivity contribution in [3.05, 3.63) is 0 Å². The molecule has 0 aromatic rings. The zero-order valence-corrected chi connectivity index (χ0v) is 22.6. The molecular weight excluding hydrogens is 412 g/mol. The van der Waals surface area contributed by atoms with E-state index in [4.69, 9.17) is 9.47 Å². The van der Waals surface area contributed by atoms with E-state index in [1.807, 2.05) is 6.92 Å². The van der Waals surface area contributed by atoms with Crippen LogP contribution in [0.15, 0.2) is 0 Å². The fourth-order valence-corrected chi connectivity index (χ4v) is 4.08. The number of rotatable bonds is 24. The molecule has 0 aliphatic rings. The molecule has 0 amide bonds. The van der Waals surface area contributed by atoms with E-state index in [-0.39, 0.29) is 17.9 Å². The van der Waals surface area contributed by atoms with Gasteiger partial charge in [-0.1, -0.05) is 118 Å². The van der Waals surface area contributed by atoms with Crippen LogP contribution in [-0.4, -0.2) is 25.2 Å². The van der Waals surface area contributed by atoms with Crippen LogP contribution in [-0.2, 0) is 19.1 Å². The summed E-state index contributed by atoms with van der Waals surface area (Å²) in [6, 6.07) is 0. The number of esters is 2. The Morgan fingerprint density at radius 1 is 0.576 bits per heavy atom. The van der Waals surface area contributed by atoms with Crippen LogP contribution in [0.5, 0.6) is 0 Å². The molecule has 0 bridgehead atoms. The average Bonchev–Trinajstić information content (AvgIpc) is 2.81. The van der Waals surface area contributed by atoms with Crippen LogP contribution in [0, 0.1) is 11.8 Å². The highest BCUT2D eigenvalue weighted by Crippen LogP contribution is 2.21. The van der Waals surface area contributed by atoms with Crippen LogP contribution >= 0.6 is 0 Å². The third-order valence-corrected chi connectivity index (χ3v) is 6.77. The van der Waals surface area contributed by atoms with Gasteiger partial charge in [-0.3, -0.25) is 9.59 Å². The monoisotopic (exact) mass is 468 g/mol. The molecule has 4 heteroatoms. The normalized spacial score (nSPS) is 13.0. The van der Waals surface area contributed by atoms with Crippen molar-refractivity contribution in [2.24, 2.45) is 11.8 Å². The number of unbranched alkanes of at least 4 members (excludes halogenated alkanes) is 14. The smallest absolute Gasteiger partial charge is 0.308 e. The summed E-state index contributed by atoms with van der Waals surface area (Å²) in [4.78, 5) is 23.7. The quantitative estimate of drug-likeness (QED) is 0.105. The summed E-state index contributed by atoms with van der Waals surface area (Å²) in [5, 5.41) is 0. The largest absolute Gasteiger partial charge is 0.466 e. The summed E-state index contributed by atoms with van der Waals surface area (Å²) in [5.41, 5.74) is 0. The van der Waals surface area contributed by atoms with E-state index in [2.05, 4.69) is 20.8 Å². The predicted molar refractivity (Wildman–Crippen MR) is 139 cm³/mol. The first-order valence-corrected chi connectivity index (χ1v) is 14.3. The van der Waals surface area contributed by atoms with Gasteiger partial charge in [0.05, 0.1) is 19.1 Å². The Hall–Kier alpha value is -1.06. The molecule has 2 unspecified atom stereocenters. The molecule has 0 aromatic heterocycles. The fraction of sp³-hybridized carbons (Fsp3) is 0.931. The van der Waals surface area contributed by atoms with Crippen LogP contribution in [0.2, 0.25) is 0 Å². The third-order valence-electron chi connectivity index (χ3n) is 6.77. The lowest BCUT2D eigenvalue weighted by Crippen LogP contribution is -2.22. The molecule has 0 fully saturated rings. The Morgan fingerprint density at radius 2 is 1.03 bits per heavy atom. The molecule has 0 rings (SSSR count). The Bertz CT molecular complexity index is 449.